The topological polar surface area (TPSA) is 43.6 Å². The van der Waals surface area contributed by atoms with Crippen LogP contribution in [-0.4, -0.2) is 19.7 Å². The molecule has 2 rings (SSSR count). The molecule has 2 aromatic heterocycles. The zero-order chi connectivity index (χ0) is 9.97. The Kier molecular flexibility index (Phi) is 2.58. The van der Waals surface area contributed by atoms with Gasteiger partial charge < -0.3 is 0 Å². The van der Waals surface area contributed by atoms with Gasteiger partial charge in [-0.15, -0.1) is 0 Å². The average molecular weight is 253 g/mol. The SMILES string of the molecule is CC(Br)c1ccc(-n2cncn2)nc1. The summed E-state index contributed by atoms with van der Waals surface area (Å²) in [7, 11) is 0. The quantitative estimate of drug-likeness (QED) is 0.770. The maximum Gasteiger partial charge on any atom is 0.155 e. The van der Waals surface area contributed by atoms with E-state index in [-0.39, 0.29) is 0 Å². The summed E-state index contributed by atoms with van der Waals surface area (Å²) >= 11 is 3.48. The molecule has 0 fully saturated rings. The van der Waals surface area contributed by atoms with Crippen LogP contribution in [-0.2, 0) is 0 Å². The van der Waals surface area contributed by atoms with Crippen molar-refractivity contribution in [3.63, 3.8) is 0 Å². The summed E-state index contributed by atoms with van der Waals surface area (Å²) in [6, 6.07) is 3.94. The molecule has 1 unspecified atom stereocenters. The Morgan fingerprint density at radius 2 is 2.29 bits per heavy atom. The predicted molar refractivity (Wildman–Crippen MR) is 56.5 cm³/mol. The summed E-state index contributed by atoms with van der Waals surface area (Å²) in [5, 5.41) is 3.99. The Hall–Kier alpha value is -1.23. The maximum absolute atomic E-state index is 4.27. The smallest absolute Gasteiger partial charge is 0.155 e. The van der Waals surface area contributed by atoms with Crippen molar-refractivity contribution in [3.05, 3.63) is 36.5 Å². The number of hydrogen-bond acceptors (Lipinski definition) is 3. The largest absolute Gasteiger partial charge is 0.237 e. The number of halogens is 1. The summed E-state index contributed by atoms with van der Waals surface area (Å²) in [4.78, 5) is 8.45. The van der Waals surface area contributed by atoms with E-state index in [4.69, 9.17) is 0 Å². The monoisotopic (exact) mass is 252 g/mol. The van der Waals surface area contributed by atoms with Crippen molar-refractivity contribution in [2.75, 3.05) is 0 Å². The minimum absolute atomic E-state index is 0.319. The molecule has 2 aromatic rings. The van der Waals surface area contributed by atoms with Gasteiger partial charge in [-0.1, -0.05) is 22.0 Å². The molecule has 0 N–H and O–H groups in total. The minimum Gasteiger partial charge on any atom is -0.237 e. The van der Waals surface area contributed by atoms with Crippen molar-refractivity contribution in [3.8, 4) is 5.82 Å². The summed E-state index contributed by atoms with van der Waals surface area (Å²) in [5.74, 6) is 0.777. The molecule has 4 nitrogen and oxygen atoms in total. The molecule has 0 radical (unpaired) electrons. The number of rotatable bonds is 2. The average Bonchev–Trinajstić information content (AvgIpc) is 2.71. The molecule has 0 amide bonds. The molecular formula is C9H9BrN4. The van der Waals surface area contributed by atoms with Crippen molar-refractivity contribution in [2.24, 2.45) is 0 Å². The Labute approximate surface area is 90.1 Å². The summed E-state index contributed by atoms with van der Waals surface area (Å²) in [6.45, 7) is 2.06. The first-order valence-corrected chi connectivity index (χ1v) is 5.14. The Bertz CT molecular complexity index is 393. The van der Waals surface area contributed by atoms with Gasteiger partial charge in [0.05, 0.1) is 0 Å². The van der Waals surface area contributed by atoms with Crippen LogP contribution in [0.2, 0.25) is 0 Å². The molecular weight excluding hydrogens is 244 g/mol. The number of pyridine rings is 1. The van der Waals surface area contributed by atoms with E-state index in [0.29, 0.717) is 4.83 Å². The van der Waals surface area contributed by atoms with Gasteiger partial charge in [0.15, 0.2) is 5.82 Å². The fraction of sp³-hybridized carbons (Fsp3) is 0.222. The van der Waals surface area contributed by atoms with Crippen LogP contribution in [0.3, 0.4) is 0 Å². The predicted octanol–water partition coefficient (Wildman–Crippen LogP) is 2.12. The van der Waals surface area contributed by atoms with Gasteiger partial charge in [0, 0.05) is 11.0 Å². The van der Waals surface area contributed by atoms with Crippen LogP contribution in [0.1, 0.15) is 17.3 Å². The Balaban J connectivity index is 2.31. The van der Waals surface area contributed by atoms with E-state index in [1.807, 2.05) is 18.3 Å². The van der Waals surface area contributed by atoms with Crippen LogP contribution < -0.4 is 0 Å². The highest BCUT2D eigenvalue weighted by Gasteiger charge is 2.02. The molecule has 0 aliphatic carbocycles. The highest BCUT2D eigenvalue weighted by molar-refractivity contribution is 9.09. The van der Waals surface area contributed by atoms with Crippen molar-refractivity contribution in [1.29, 1.82) is 0 Å². The number of alkyl halides is 1. The van der Waals surface area contributed by atoms with E-state index in [9.17, 15) is 0 Å². The molecule has 0 aromatic carbocycles. The van der Waals surface area contributed by atoms with E-state index in [1.165, 1.54) is 6.33 Å². The highest BCUT2D eigenvalue weighted by Crippen LogP contribution is 2.20. The third-order valence-electron chi connectivity index (χ3n) is 1.88. The standard InChI is InChI=1S/C9H9BrN4/c1-7(10)8-2-3-9(12-4-8)14-6-11-5-13-14/h2-7H,1H3. The molecule has 0 saturated carbocycles. The first-order chi connectivity index (χ1) is 6.77. The molecule has 0 bridgehead atoms. The van der Waals surface area contributed by atoms with Gasteiger partial charge in [-0.05, 0) is 18.6 Å². The van der Waals surface area contributed by atoms with Crippen LogP contribution in [0.15, 0.2) is 31.0 Å². The van der Waals surface area contributed by atoms with Gasteiger partial charge in [-0.2, -0.15) is 5.10 Å². The maximum atomic E-state index is 4.27. The summed E-state index contributed by atoms with van der Waals surface area (Å²) in [5.41, 5.74) is 1.15. The fourth-order valence-corrected chi connectivity index (χ4v) is 1.37. The van der Waals surface area contributed by atoms with Gasteiger partial charge in [0.25, 0.3) is 0 Å². The molecule has 72 valence electrons. The van der Waals surface area contributed by atoms with E-state index in [2.05, 4.69) is 37.9 Å². The van der Waals surface area contributed by atoms with Crippen molar-refractivity contribution in [1.82, 2.24) is 19.7 Å². The Morgan fingerprint density at radius 3 is 2.79 bits per heavy atom. The molecule has 0 spiro atoms. The second-order valence-electron chi connectivity index (χ2n) is 2.91. The molecule has 14 heavy (non-hydrogen) atoms. The second-order valence-corrected chi connectivity index (χ2v) is 4.28. The first-order valence-electron chi connectivity index (χ1n) is 4.22. The van der Waals surface area contributed by atoms with E-state index in [1.54, 1.807) is 11.0 Å². The van der Waals surface area contributed by atoms with Gasteiger partial charge in [-0.3, -0.25) is 0 Å². The summed E-state index contributed by atoms with van der Waals surface area (Å²) < 4.78 is 1.63. The van der Waals surface area contributed by atoms with Crippen LogP contribution >= 0.6 is 15.9 Å². The first kappa shape index (κ1) is 9.33. The lowest BCUT2D eigenvalue weighted by Crippen LogP contribution is -1.98. The molecule has 5 heteroatoms. The second kappa shape index (κ2) is 3.88. The van der Waals surface area contributed by atoms with Gasteiger partial charge in [-0.25, -0.2) is 14.6 Å². The van der Waals surface area contributed by atoms with Crippen molar-refractivity contribution >= 4 is 15.9 Å². The zero-order valence-electron chi connectivity index (χ0n) is 7.63. The zero-order valence-corrected chi connectivity index (χ0v) is 9.22. The third kappa shape index (κ3) is 1.82. The van der Waals surface area contributed by atoms with E-state index >= 15 is 0 Å². The molecule has 1 atom stereocenters. The lowest BCUT2D eigenvalue weighted by atomic mass is 10.2. The van der Waals surface area contributed by atoms with Gasteiger partial charge in [0.1, 0.15) is 12.7 Å². The minimum atomic E-state index is 0.319. The molecule has 2 heterocycles. The Morgan fingerprint density at radius 1 is 1.43 bits per heavy atom. The number of hydrogen-bond donors (Lipinski definition) is 0. The van der Waals surface area contributed by atoms with Crippen LogP contribution in [0.5, 0.6) is 0 Å². The van der Waals surface area contributed by atoms with Crippen LogP contribution in [0.25, 0.3) is 5.82 Å². The molecule has 0 saturated heterocycles. The van der Waals surface area contributed by atoms with E-state index in [0.717, 1.165) is 11.4 Å². The van der Waals surface area contributed by atoms with Crippen molar-refractivity contribution in [2.45, 2.75) is 11.8 Å². The van der Waals surface area contributed by atoms with Crippen LogP contribution in [0.4, 0.5) is 0 Å². The summed E-state index contributed by atoms with van der Waals surface area (Å²) in [6.07, 6.45) is 4.94. The molecule has 0 aliphatic rings. The van der Waals surface area contributed by atoms with Gasteiger partial charge in [0.2, 0.25) is 0 Å². The fourth-order valence-electron chi connectivity index (χ4n) is 1.09. The van der Waals surface area contributed by atoms with Crippen LogP contribution in [0, 0.1) is 0 Å². The number of nitrogens with zero attached hydrogens (tertiary/aromatic N) is 4. The lowest BCUT2D eigenvalue weighted by Gasteiger charge is -2.03. The third-order valence-corrected chi connectivity index (χ3v) is 2.41. The van der Waals surface area contributed by atoms with Crippen molar-refractivity contribution < 1.29 is 0 Å². The highest BCUT2D eigenvalue weighted by atomic mass is 79.9. The van der Waals surface area contributed by atoms with E-state index < -0.39 is 0 Å². The lowest BCUT2D eigenvalue weighted by molar-refractivity contribution is 0.841. The number of aromatic nitrogens is 4. The molecule has 0 aliphatic heterocycles. The van der Waals surface area contributed by atoms with Gasteiger partial charge >= 0.3 is 0 Å². The normalized spacial score (nSPS) is 12.7.